The molecule has 114 valence electrons. The Morgan fingerprint density at radius 3 is 2.40 bits per heavy atom. The molecule has 0 aliphatic carbocycles. The van der Waals surface area contributed by atoms with E-state index in [1.807, 2.05) is 19.1 Å². The van der Waals surface area contributed by atoms with Crippen LogP contribution in [0.15, 0.2) is 24.3 Å². The van der Waals surface area contributed by atoms with E-state index in [9.17, 15) is 0 Å². The van der Waals surface area contributed by atoms with Crippen LogP contribution in [0.25, 0.3) is 0 Å². The second-order valence-electron chi connectivity index (χ2n) is 5.62. The number of nitrogens with one attached hydrogen (secondary N) is 1. The van der Waals surface area contributed by atoms with Gasteiger partial charge in [0.2, 0.25) is 0 Å². The van der Waals surface area contributed by atoms with Gasteiger partial charge in [-0.1, -0.05) is 26.0 Å². The van der Waals surface area contributed by atoms with Gasteiger partial charge in [0.05, 0.1) is 13.2 Å². The van der Waals surface area contributed by atoms with E-state index in [2.05, 4.69) is 38.2 Å². The zero-order valence-electron chi connectivity index (χ0n) is 13.3. The maximum atomic E-state index is 5.71. The average molecular weight is 279 g/mol. The fourth-order valence-electron chi connectivity index (χ4n) is 1.76. The fraction of sp³-hybridized carbons (Fsp3) is 0.647. The first-order valence-electron chi connectivity index (χ1n) is 7.64. The molecule has 1 rings (SSSR count). The van der Waals surface area contributed by atoms with E-state index in [-0.39, 0.29) is 0 Å². The van der Waals surface area contributed by atoms with E-state index in [1.54, 1.807) is 0 Å². The number of hydrogen-bond donors (Lipinski definition) is 1. The summed E-state index contributed by atoms with van der Waals surface area (Å²) in [6.45, 7) is 11.8. The highest BCUT2D eigenvalue weighted by molar-refractivity contribution is 5.27. The van der Waals surface area contributed by atoms with Crippen molar-refractivity contribution in [1.82, 2.24) is 5.32 Å². The lowest BCUT2D eigenvalue weighted by Gasteiger charge is -2.14. The number of ether oxygens (including phenoxy) is 2. The molecule has 1 atom stereocenters. The van der Waals surface area contributed by atoms with Gasteiger partial charge in [0.25, 0.3) is 0 Å². The second kappa shape index (κ2) is 9.78. The van der Waals surface area contributed by atoms with E-state index in [0.717, 1.165) is 38.5 Å². The normalized spacial score (nSPS) is 12.7. The minimum atomic E-state index is 0.372. The van der Waals surface area contributed by atoms with E-state index >= 15 is 0 Å². The van der Waals surface area contributed by atoms with Crippen molar-refractivity contribution in [1.29, 1.82) is 0 Å². The molecule has 0 heterocycles. The highest BCUT2D eigenvalue weighted by atomic mass is 16.5. The lowest BCUT2D eigenvalue weighted by Crippen LogP contribution is -2.30. The van der Waals surface area contributed by atoms with Crippen molar-refractivity contribution in [2.45, 2.75) is 46.7 Å². The molecule has 0 fully saturated rings. The molecule has 0 aliphatic rings. The first-order chi connectivity index (χ1) is 9.61. The van der Waals surface area contributed by atoms with Gasteiger partial charge in [0.1, 0.15) is 5.75 Å². The van der Waals surface area contributed by atoms with Crippen LogP contribution >= 0.6 is 0 Å². The number of benzene rings is 1. The quantitative estimate of drug-likeness (QED) is 0.709. The maximum Gasteiger partial charge on any atom is 0.119 e. The third kappa shape index (κ3) is 7.51. The molecule has 20 heavy (non-hydrogen) atoms. The average Bonchev–Trinajstić information content (AvgIpc) is 2.44. The monoisotopic (exact) mass is 279 g/mol. The molecular formula is C17H29NO2. The second-order valence-corrected chi connectivity index (χ2v) is 5.62. The molecular weight excluding hydrogens is 250 g/mol. The summed E-state index contributed by atoms with van der Waals surface area (Å²) in [6.07, 6.45) is 1.10. The topological polar surface area (TPSA) is 30.5 Å². The summed E-state index contributed by atoms with van der Waals surface area (Å²) in [5.74, 6) is 1.64. The molecule has 1 N–H and O–H groups in total. The largest absolute Gasteiger partial charge is 0.494 e. The van der Waals surface area contributed by atoms with Gasteiger partial charge in [-0.25, -0.2) is 0 Å². The van der Waals surface area contributed by atoms with Gasteiger partial charge >= 0.3 is 0 Å². The minimum Gasteiger partial charge on any atom is -0.494 e. The van der Waals surface area contributed by atoms with Crippen molar-refractivity contribution in [2.75, 3.05) is 19.8 Å². The molecule has 0 radical (unpaired) electrons. The van der Waals surface area contributed by atoms with Crippen LogP contribution in [0.5, 0.6) is 5.75 Å². The Kier molecular flexibility index (Phi) is 8.31. The first-order valence-corrected chi connectivity index (χ1v) is 7.64. The van der Waals surface area contributed by atoms with Crippen LogP contribution < -0.4 is 10.1 Å². The summed E-state index contributed by atoms with van der Waals surface area (Å²) >= 11 is 0. The zero-order valence-corrected chi connectivity index (χ0v) is 13.3. The van der Waals surface area contributed by atoms with Gasteiger partial charge < -0.3 is 14.8 Å². The first kappa shape index (κ1) is 17.0. The molecule has 0 saturated carbocycles. The molecule has 1 aromatic carbocycles. The van der Waals surface area contributed by atoms with Gasteiger partial charge in [0.15, 0.2) is 0 Å². The van der Waals surface area contributed by atoms with Gasteiger partial charge in [-0.05, 0) is 43.9 Å². The van der Waals surface area contributed by atoms with Crippen molar-refractivity contribution in [2.24, 2.45) is 5.92 Å². The Morgan fingerprint density at radius 2 is 1.80 bits per heavy atom. The lowest BCUT2D eigenvalue weighted by atomic mass is 10.1. The molecule has 3 nitrogen and oxygen atoms in total. The van der Waals surface area contributed by atoms with Crippen molar-refractivity contribution in [3.63, 3.8) is 0 Å². The maximum absolute atomic E-state index is 5.71. The van der Waals surface area contributed by atoms with Crippen molar-refractivity contribution in [3.8, 4) is 5.75 Å². The number of hydrogen-bond acceptors (Lipinski definition) is 3. The summed E-state index contributed by atoms with van der Waals surface area (Å²) in [4.78, 5) is 0. The SMILES string of the molecule is CCOCC(C)NCc1ccc(OCCC(C)C)cc1. The molecule has 1 unspecified atom stereocenters. The summed E-state index contributed by atoms with van der Waals surface area (Å²) in [5.41, 5.74) is 1.27. The molecule has 0 spiro atoms. The zero-order chi connectivity index (χ0) is 14.8. The molecule has 0 saturated heterocycles. The van der Waals surface area contributed by atoms with Gasteiger partial charge in [0, 0.05) is 19.2 Å². The van der Waals surface area contributed by atoms with Gasteiger partial charge in [-0.15, -0.1) is 0 Å². The lowest BCUT2D eigenvalue weighted by molar-refractivity contribution is 0.127. The Hall–Kier alpha value is -1.06. The Morgan fingerprint density at radius 1 is 1.10 bits per heavy atom. The molecule has 1 aromatic rings. The predicted molar refractivity (Wildman–Crippen MR) is 84.2 cm³/mol. The van der Waals surface area contributed by atoms with Crippen LogP contribution in [0.3, 0.4) is 0 Å². The highest BCUT2D eigenvalue weighted by Crippen LogP contribution is 2.13. The van der Waals surface area contributed by atoms with Gasteiger partial charge in [-0.3, -0.25) is 0 Å². The van der Waals surface area contributed by atoms with E-state index < -0.39 is 0 Å². The van der Waals surface area contributed by atoms with E-state index in [0.29, 0.717) is 12.0 Å². The Labute approximate surface area is 123 Å². The van der Waals surface area contributed by atoms with E-state index in [4.69, 9.17) is 9.47 Å². The summed E-state index contributed by atoms with van der Waals surface area (Å²) in [5, 5.41) is 3.45. The van der Waals surface area contributed by atoms with Crippen LogP contribution in [0.1, 0.15) is 39.7 Å². The fourth-order valence-corrected chi connectivity index (χ4v) is 1.76. The van der Waals surface area contributed by atoms with Crippen LogP contribution in [0, 0.1) is 5.92 Å². The summed E-state index contributed by atoms with van der Waals surface area (Å²) in [7, 11) is 0. The number of rotatable bonds is 10. The minimum absolute atomic E-state index is 0.372. The molecule has 3 heteroatoms. The Bertz CT molecular complexity index is 349. The van der Waals surface area contributed by atoms with Crippen molar-refractivity contribution < 1.29 is 9.47 Å². The molecule has 0 aliphatic heterocycles. The van der Waals surface area contributed by atoms with Crippen LogP contribution in [0.4, 0.5) is 0 Å². The smallest absolute Gasteiger partial charge is 0.119 e. The van der Waals surface area contributed by atoms with Crippen molar-refractivity contribution >= 4 is 0 Å². The van der Waals surface area contributed by atoms with Crippen LogP contribution in [0.2, 0.25) is 0 Å². The summed E-state index contributed by atoms with van der Waals surface area (Å²) in [6, 6.07) is 8.70. The molecule has 0 bridgehead atoms. The Balaban J connectivity index is 2.27. The predicted octanol–water partition coefficient (Wildman–Crippen LogP) is 3.63. The van der Waals surface area contributed by atoms with Gasteiger partial charge in [-0.2, -0.15) is 0 Å². The van der Waals surface area contributed by atoms with E-state index in [1.165, 1.54) is 5.56 Å². The summed E-state index contributed by atoms with van der Waals surface area (Å²) < 4.78 is 11.1. The highest BCUT2D eigenvalue weighted by Gasteiger charge is 2.02. The van der Waals surface area contributed by atoms with Crippen LogP contribution in [-0.2, 0) is 11.3 Å². The molecule has 0 amide bonds. The standard InChI is InChI=1S/C17H29NO2/c1-5-19-13-15(4)18-12-16-6-8-17(9-7-16)20-11-10-14(2)3/h6-9,14-15,18H,5,10-13H2,1-4H3. The van der Waals surface area contributed by atoms with Crippen molar-refractivity contribution in [3.05, 3.63) is 29.8 Å². The van der Waals surface area contributed by atoms with Crippen LogP contribution in [-0.4, -0.2) is 25.9 Å². The molecule has 0 aromatic heterocycles. The third-order valence-corrected chi connectivity index (χ3v) is 3.11. The third-order valence-electron chi connectivity index (χ3n) is 3.11.